The first kappa shape index (κ1) is 11.7. The second-order valence-corrected chi connectivity index (χ2v) is 3.86. The maximum absolute atomic E-state index is 12.2. The van der Waals surface area contributed by atoms with Gasteiger partial charge in [-0.15, -0.1) is 0 Å². The summed E-state index contributed by atoms with van der Waals surface area (Å²) in [4.78, 5) is 16.3. The first-order valence-electron chi connectivity index (χ1n) is 5.72. The minimum Gasteiger partial charge on any atom is -0.371 e. The molecule has 0 bridgehead atoms. The molecule has 1 aromatic carbocycles. The highest BCUT2D eigenvalue weighted by Crippen LogP contribution is 2.19. The Hall–Kier alpha value is -1.74. The zero-order valence-corrected chi connectivity index (χ0v) is 10.0. The van der Waals surface area contributed by atoms with E-state index in [1.54, 1.807) is 19.3 Å². The van der Waals surface area contributed by atoms with E-state index in [0.29, 0.717) is 12.2 Å². The second kappa shape index (κ2) is 5.06. The summed E-state index contributed by atoms with van der Waals surface area (Å²) in [5.41, 5.74) is 0.700. The molecule has 88 valence electrons. The largest absolute Gasteiger partial charge is 0.371 e. The van der Waals surface area contributed by atoms with Gasteiger partial charge >= 0.3 is 0 Å². The Kier molecular flexibility index (Phi) is 3.49. The van der Waals surface area contributed by atoms with Gasteiger partial charge in [0.05, 0.1) is 0 Å². The number of ether oxygens (including phenoxy) is 1. The summed E-state index contributed by atoms with van der Waals surface area (Å²) in [6, 6.07) is 7.52. The number of aromatic nitrogens is 1. The van der Waals surface area contributed by atoms with Gasteiger partial charge in [0.1, 0.15) is 6.10 Å². The summed E-state index contributed by atoms with van der Waals surface area (Å²) >= 11 is 0. The molecule has 0 saturated heterocycles. The first-order chi connectivity index (χ1) is 8.24. The van der Waals surface area contributed by atoms with Crippen LogP contribution < -0.4 is 0 Å². The zero-order chi connectivity index (χ0) is 12.3. The lowest BCUT2D eigenvalue weighted by Crippen LogP contribution is -2.21. The van der Waals surface area contributed by atoms with Crippen LogP contribution in [-0.2, 0) is 4.74 Å². The summed E-state index contributed by atoms with van der Waals surface area (Å²) in [6.07, 6.45) is 3.06. The maximum atomic E-state index is 12.2. The van der Waals surface area contributed by atoms with Gasteiger partial charge in [-0.1, -0.05) is 18.2 Å². The molecule has 0 fully saturated rings. The number of Topliss-reactive ketones (excluding diaryl/α,β-unsaturated/α-hetero) is 1. The molecule has 1 heterocycles. The SMILES string of the molecule is CCOC(C)C(=O)c1cccc2cnccc12. The van der Waals surface area contributed by atoms with E-state index in [1.807, 2.05) is 31.2 Å². The van der Waals surface area contributed by atoms with E-state index >= 15 is 0 Å². The maximum Gasteiger partial charge on any atom is 0.191 e. The molecule has 0 N–H and O–H groups in total. The molecular weight excluding hydrogens is 214 g/mol. The predicted octanol–water partition coefficient (Wildman–Crippen LogP) is 2.84. The van der Waals surface area contributed by atoms with Gasteiger partial charge in [0, 0.05) is 30.0 Å². The molecular formula is C14H15NO2. The summed E-state index contributed by atoms with van der Waals surface area (Å²) < 4.78 is 5.34. The van der Waals surface area contributed by atoms with E-state index in [4.69, 9.17) is 4.74 Å². The highest BCUT2D eigenvalue weighted by molar-refractivity contribution is 6.09. The van der Waals surface area contributed by atoms with Crippen molar-refractivity contribution in [3.63, 3.8) is 0 Å². The minimum atomic E-state index is -0.404. The molecule has 0 radical (unpaired) electrons. The third-order valence-corrected chi connectivity index (χ3v) is 2.73. The average molecular weight is 229 g/mol. The fourth-order valence-electron chi connectivity index (χ4n) is 1.88. The van der Waals surface area contributed by atoms with Crippen LogP contribution >= 0.6 is 0 Å². The molecule has 1 aromatic heterocycles. The number of carbonyl (C=O) groups excluding carboxylic acids is 1. The lowest BCUT2D eigenvalue weighted by atomic mass is 10.0. The van der Waals surface area contributed by atoms with Gasteiger partial charge in [0.15, 0.2) is 5.78 Å². The van der Waals surface area contributed by atoms with Gasteiger partial charge in [0.2, 0.25) is 0 Å². The molecule has 0 saturated carbocycles. The van der Waals surface area contributed by atoms with Crippen LogP contribution in [-0.4, -0.2) is 23.5 Å². The van der Waals surface area contributed by atoms with Crippen LogP contribution in [0.25, 0.3) is 10.8 Å². The fourth-order valence-corrected chi connectivity index (χ4v) is 1.88. The van der Waals surface area contributed by atoms with Crippen molar-refractivity contribution in [1.29, 1.82) is 0 Å². The molecule has 0 amide bonds. The molecule has 0 spiro atoms. The Labute approximate surface area is 100 Å². The van der Waals surface area contributed by atoms with Gasteiger partial charge in [-0.2, -0.15) is 0 Å². The van der Waals surface area contributed by atoms with Crippen molar-refractivity contribution < 1.29 is 9.53 Å². The molecule has 0 aliphatic carbocycles. The monoisotopic (exact) mass is 229 g/mol. The Morgan fingerprint density at radius 2 is 2.24 bits per heavy atom. The van der Waals surface area contributed by atoms with Crippen LogP contribution in [0.4, 0.5) is 0 Å². The number of hydrogen-bond acceptors (Lipinski definition) is 3. The number of carbonyl (C=O) groups is 1. The number of nitrogens with zero attached hydrogens (tertiary/aromatic N) is 1. The third kappa shape index (κ3) is 2.34. The summed E-state index contributed by atoms with van der Waals surface area (Å²) in [6.45, 7) is 4.21. The molecule has 2 rings (SSSR count). The quantitative estimate of drug-likeness (QED) is 0.757. The average Bonchev–Trinajstić information content (AvgIpc) is 2.37. The second-order valence-electron chi connectivity index (χ2n) is 3.86. The van der Waals surface area contributed by atoms with Crippen molar-refractivity contribution in [1.82, 2.24) is 4.98 Å². The number of rotatable bonds is 4. The highest BCUT2D eigenvalue weighted by atomic mass is 16.5. The molecule has 0 aliphatic rings. The van der Waals surface area contributed by atoms with Crippen LogP contribution in [0.2, 0.25) is 0 Å². The van der Waals surface area contributed by atoms with Gasteiger partial charge < -0.3 is 4.74 Å². The highest BCUT2D eigenvalue weighted by Gasteiger charge is 2.17. The van der Waals surface area contributed by atoms with Gasteiger partial charge in [-0.05, 0) is 25.3 Å². The van der Waals surface area contributed by atoms with Crippen molar-refractivity contribution in [2.24, 2.45) is 0 Å². The first-order valence-corrected chi connectivity index (χ1v) is 5.72. The van der Waals surface area contributed by atoms with Crippen LogP contribution in [0, 0.1) is 0 Å². The lowest BCUT2D eigenvalue weighted by molar-refractivity contribution is 0.0522. The van der Waals surface area contributed by atoms with E-state index in [2.05, 4.69) is 4.98 Å². The van der Waals surface area contributed by atoms with Gasteiger partial charge in [-0.3, -0.25) is 9.78 Å². The number of benzene rings is 1. The van der Waals surface area contributed by atoms with Crippen LogP contribution in [0.5, 0.6) is 0 Å². The topological polar surface area (TPSA) is 39.2 Å². The normalized spacial score (nSPS) is 12.6. The fraction of sp³-hybridized carbons (Fsp3) is 0.286. The molecule has 1 atom stereocenters. The lowest BCUT2D eigenvalue weighted by Gasteiger charge is -2.12. The molecule has 3 heteroatoms. The molecule has 2 aromatic rings. The molecule has 0 aliphatic heterocycles. The third-order valence-electron chi connectivity index (χ3n) is 2.73. The summed E-state index contributed by atoms with van der Waals surface area (Å²) in [7, 11) is 0. The van der Waals surface area contributed by atoms with Crippen molar-refractivity contribution in [3.05, 3.63) is 42.2 Å². The van der Waals surface area contributed by atoms with Gasteiger partial charge in [0.25, 0.3) is 0 Å². The standard InChI is InChI=1S/C14H15NO2/c1-3-17-10(2)14(16)13-6-4-5-11-9-15-8-7-12(11)13/h4-10H,3H2,1-2H3. The van der Waals surface area contributed by atoms with Crippen LogP contribution in [0.1, 0.15) is 24.2 Å². The van der Waals surface area contributed by atoms with E-state index in [0.717, 1.165) is 10.8 Å². The van der Waals surface area contributed by atoms with Crippen molar-refractivity contribution >= 4 is 16.6 Å². The number of fused-ring (bicyclic) bond motifs is 1. The Balaban J connectivity index is 2.45. The van der Waals surface area contributed by atoms with E-state index < -0.39 is 6.10 Å². The number of hydrogen-bond donors (Lipinski definition) is 0. The van der Waals surface area contributed by atoms with Crippen molar-refractivity contribution in [3.8, 4) is 0 Å². The smallest absolute Gasteiger partial charge is 0.191 e. The molecule has 3 nitrogen and oxygen atoms in total. The van der Waals surface area contributed by atoms with Crippen molar-refractivity contribution in [2.45, 2.75) is 20.0 Å². The Morgan fingerprint density at radius 1 is 1.41 bits per heavy atom. The Morgan fingerprint density at radius 3 is 3.00 bits per heavy atom. The number of pyridine rings is 1. The number of ketones is 1. The summed E-state index contributed by atoms with van der Waals surface area (Å²) in [5.74, 6) is 0.0173. The van der Waals surface area contributed by atoms with Crippen molar-refractivity contribution in [2.75, 3.05) is 6.61 Å². The van der Waals surface area contributed by atoms with Crippen LogP contribution in [0.3, 0.4) is 0 Å². The van der Waals surface area contributed by atoms with E-state index in [1.165, 1.54) is 0 Å². The predicted molar refractivity (Wildman–Crippen MR) is 67.2 cm³/mol. The zero-order valence-electron chi connectivity index (χ0n) is 10.0. The van der Waals surface area contributed by atoms with Crippen LogP contribution in [0.15, 0.2) is 36.7 Å². The molecule has 17 heavy (non-hydrogen) atoms. The van der Waals surface area contributed by atoms with Gasteiger partial charge in [-0.25, -0.2) is 0 Å². The molecule has 1 unspecified atom stereocenters. The van der Waals surface area contributed by atoms with E-state index in [9.17, 15) is 4.79 Å². The minimum absolute atomic E-state index is 0.0173. The van der Waals surface area contributed by atoms with E-state index in [-0.39, 0.29) is 5.78 Å². The summed E-state index contributed by atoms with van der Waals surface area (Å²) in [5, 5.41) is 1.90. The Bertz CT molecular complexity index is 531.